The molecule has 0 aromatic rings. The Morgan fingerprint density at radius 3 is 1.63 bits per heavy atom. The first-order valence-corrected chi connectivity index (χ1v) is 13.7. The summed E-state index contributed by atoms with van der Waals surface area (Å²) in [6.45, 7) is 13.9. The average Bonchev–Trinajstić information content (AvgIpc) is 2.67. The molecule has 5 heteroatoms. The first-order chi connectivity index (χ1) is 13.0. The van der Waals surface area contributed by atoms with Gasteiger partial charge in [0.15, 0.2) is 0 Å². The van der Waals surface area contributed by atoms with Crippen molar-refractivity contribution in [2.75, 3.05) is 38.3 Å². The highest BCUT2D eigenvalue weighted by molar-refractivity contribution is 7.63. The molecule has 0 fully saturated rings. The summed E-state index contributed by atoms with van der Waals surface area (Å²) in [7, 11) is -2.08. The molecule has 4 nitrogen and oxygen atoms in total. The highest BCUT2D eigenvalue weighted by Gasteiger charge is 2.42. The van der Waals surface area contributed by atoms with Crippen molar-refractivity contribution in [3.05, 3.63) is 0 Å². The molecule has 0 aromatic carbocycles. The van der Waals surface area contributed by atoms with Crippen LogP contribution in [0.25, 0.3) is 0 Å². The SMILES string of the molecule is CCCCCCCCC(CCP(=O)(CC)CC)C(OCC)(OCC)OCC. The van der Waals surface area contributed by atoms with Crippen LogP contribution in [0.15, 0.2) is 0 Å². The van der Waals surface area contributed by atoms with Gasteiger partial charge in [-0.2, -0.15) is 0 Å². The molecule has 0 aliphatic carbocycles. The van der Waals surface area contributed by atoms with Crippen molar-refractivity contribution in [2.24, 2.45) is 5.92 Å². The van der Waals surface area contributed by atoms with E-state index in [4.69, 9.17) is 14.2 Å². The van der Waals surface area contributed by atoms with Crippen LogP contribution in [0.3, 0.4) is 0 Å². The Balaban J connectivity index is 5.15. The van der Waals surface area contributed by atoms with Crippen molar-refractivity contribution in [1.29, 1.82) is 0 Å². The number of hydrogen-bond acceptors (Lipinski definition) is 4. The van der Waals surface area contributed by atoms with Crippen LogP contribution in [-0.4, -0.2) is 44.3 Å². The van der Waals surface area contributed by atoms with Gasteiger partial charge >= 0.3 is 0 Å². The zero-order valence-electron chi connectivity index (χ0n) is 19.1. The fraction of sp³-hybridized carbons (Fsp3) is 1.00. The van der Waals surface area contributed by atoms with Crippen molar-refractivity contribution in [3.8, 4) is 0 Å². The van der Waals surface area contributed by atoms with Crippen molar-refractivity contribution < 1.29 is 18.8 Å². The molecule has 0 aliphatic rings. The summed E-state index contributed by atoms with van der Waals surface area (Å²) in [6.07, 6.45) is 11.7. The lowest BCUT2D eigenvalue weighted by atomic mass is 9.95. The third-order valence-corrected chi connectivity index (χ3v) is 8.86. The van der Waals surface area contributed by atoms with Crippen LogP contribution in [0, 0.1) is 5.92 Å². The Kier molecular flexibility index (Phi) is 16.0. The summed E-state index contributed by atoms with van der Waals surface area (Å²) in [4.78, 5) is 0. The smallest absolute Gasteiger partial charge is 0.285 e. The summed E-state index contributed by atoms with van der Waals surface area (Å²) in [5.74, 6) is -0.872. The molecule has 0 heterocycles. The fourth-order valence-electron chi connectivity index (χ4n) is 3.68. The van der Waals surface area contributed by atoms with Crippen LogP contribution in [-0.2, 0) is 18.8 Å². The zero-order chi connectivity index (χ0) is 20.6. The Morgan fingerprint density at radius 2 is 1.19 bits per heavy atom. The summed E-state index contributed by atoms with van der Waals surface area (Å²) >= 11 is 0. The van der Waals surface area contributed by atoms with E-state index in [1.165, 1.54) is 32.1 Å². The van der Waals surface area contributed by atoms with E-state index in [1.807, 2.05) is 34.6 Å². The van der Waals surface area contributed by atoms with Gasteiger partial charge in [-0.05, 0) is 45.9 Å². The van der Waals surface area contributed by atoms with Gasteiger partial charge in [-0.3, -0.25) is 0 Å². The third kappa shape index (κ3) is 10.5. The summed E-state index contributed by atoms with van der Waals surface area (Å²) in [5.41, 5.74) is 0. The second kappa shape index (κ2) is 16.0. The van der Waals surface area contributed by atoms with Gasteiger partial charge in [0, 0.05) is 31.9 Å². The van der Waals surface area contributed by atoms with Crippen LogP contribution in [0.1, 0.15) is 92.9 Å². The Hall–Kier alpha value is 0.110. The van der Waals surface area contributed by atoms with Crippen molar-refractivity contribution in [1.82, 2.24) is 0 Å². The predicted octanol–water partition coefficient (Wildman–Crippen LogP) is 6.91. The summed E-state index contributed by atoms with van der Waals surface area (Å²) < 4.78 is 31.2. The summed E-state index contributed by atoms with van der Waals surface area (Å²) in [5, 5.41) is 0. The highest BCUT2D eigenvalue weighted by Crippen LogP contribution is 2.47. The first kappa shape index (κ1) is 27.1. The zero-order valence-corrected chi connectivity index (χ0v) is 20.0. The number of hydrogen-bond donors (Lipinski definition) is 0. The van der Waals surface area contributed by atoms with E-state index in [0.29, 0.717) is 19.8 Å². The van der Waals surface area contributed by atoms with Gasteiger partial charge < -0.3 is 18.8 Å². The van der Waals surface area contributed by atoms with Crippen molar-refractivity contribution in [3.63, 3.8) is 0 Å². The van der Waals surface area contributed by atoms with E-state index in [9.17, 15) is 4.57 Å². The lowest BCUT2D eigenvalue weighted by Gasteiger charge is -2.39. The second-order valence-electron chi connectivity index (χ2n) is 7.36. The van der Waals surface area contributed by atoms with Gasteiger partial charge in [0.05, 0.1) is 7.14 Å². The highest BCUT2D eigenvalue weighted by atomic mass is 31.2. The van der Waals surface area contributed by atoms with E-state index in [-0.39, 0.29) is 5.92 Å². The molecule has 164 valence electrons. The topological polar surface area (TPSA) is 44.8 Å². The molecule has 0 rings (SSSR count). The van der Waals surface area contributed by atoms with Crippen LogP contribution in [0.2, 0.25) is 0 Å². The molecule has 0 spiro atoms. The normalized spacial score (nSPS) is 13.9. The standard InChI is InChI=1S/C22H47O4P/c1-7-13-14-15-16-17-18-21(19-20-27(23,11-5)12-6)22(24-8-2,25-9-3)26-10-4/h21H,7-20H2,1-6H3. The molecule has 0 N–H and O–H groups in total. The largest absolute Gasteiger partial charge is 0.328 e. The van der Waals surface area contributed by atoms with Crippen LogP contribution in [0.5, 0.6) is 0 Å². The van der Waals surface area contributed by atoms with E-state index in [0.717, 1.165) is 37.7 Å². The van der Waals surface area contributed by atoms with Crippen LogP contribution >= 0.6 is 7.14 Å². The molecule has 0 saturated carbocycles. The van der Waals surface area contributed by atoms with Gasteiger partial charge in [0.25, 0.3) is 5.97 Å². The maximum absolute atomic E-state index is 13.0. The minimum atomic E-state index is -2.08. The Bertz CT molecular complexity index is 361. The molecule has 0 saturated heterocycles. The predicted molar refractivity (Wildman–Crippen MR) is 117 cm³/mol. The lowest BCUT2D eigenvalue weighted by Crippen LogP contribution is -2.47. The Morgan fingerprint density at radius 1 is 0.704 bits per heavy atom. The van der Waals surface area contributed by atoms with Gasteiger partial charge in [0.2, 0.25) is 0 Å². The van der Waals surface area contributed by atoms with Gasteiger partial charge in [-0.25, -0.2) is 0 Å². The number of rotatable bonds is 19. The molecule has 0 radical (unpaired) electrons. The molecular formula is C22H47O4P. The van der Waals surface area contributed by atoms with Gasteiger partial charge in [-0.1, -0.05) is 59.3 Å². The number of ether oxygens (including phenoxy) is 3. The molecule has 0 bridgehead atoms. The minimum Gasteiger partial charge on any atom is -0.328 e. The molecule has 0 aromatic heterocycles. The fourth-order valence-corrected chi connectivity index (χ4v) is 5.54. The molecular weight excluding hydrogens is 359 g/mol. The minimum absolute atomic E-state index is 0.120. The molecule has 0 aliphatic heterocycles. The van der Waals surface area contributed by atoms with Gasteiger partial charge in [0.1, 0.15) is 0 Å². The average molecular weight is 407 g/mol. The van der Waals surface area contributed by atoms with Crippen molar-refractivity contribution >= 4 is 7.14 Å². The molecule has 1 unspecified atom stereocenters. The maximum atomic E-state index is 13.0. The van der Waals surface area contributed by atoms with Crippen LogP contribution in [0.4, 0.5) is 0 Å². The van der Waals surface area contributed by atoms with Crippen molar-refractivity contribution in [2.45, 2.75) is 98.9 Å². The quantitative estimate of drug-likeness (QED) is 0.133. The molecule has 0 amide bonds. The first-order valence-electron chi connectivity index (χ1n) is 11.5. The molecule has 1 atom stereocenters. The number of unbranched alkanes of at least 4 members (excludes halogenated alkanes) is 5. The van der Waals surface area contributed by atoms with E-state index in [1.54, 1.807) is 0 Å². The maximum Gasteiger partial charge on any atom is 0.285 e. The van der Waals surface area contributed by atoms with E-state index < -0.39 is 13.1 Å². The van der Waals surface area contributed by atoms with Crippen LogP contribution < -0.4 is 0 Å². The second-order valence-corrected chi connectivity index (χ2v) is 11.2. The Labute approximate surface area is 169 Å². The lowest BCUT2D eigenvalue weighted by molar-refractivity contribution is -0.402. The van der Waals surface area contributed by atoms with E-state index in [2.05, 4.69) is 6.92 Å². The third-order valence-electron chi connectivity index (χ3n) is 5.48. The monoisotopic (exact) mass is 406 g/mol. The molecule has 27 heavy (non-hydrogen) atoms. The van der Waals surface area contributed by atoms with E-state index >= 15 is 0 Å². The van der Waals surface area contributed by atoms with Gasteiger partial charge in [-0.15, -0.1) is 0 Å². The summed E-state index contributed by atoms with van der Waals surface area (Å²) in [6, 6.07) is 0.